The van der Waals surface area contributed by atoms with Gasteiger partial charge in [0.1, 0.15) is 6.54 Å². The van der Waals surface area contributed by atoms with Crippen LogP contribution in [0.3, 0.4) is 0 Å². The van der Waals surface area contributed by atoms with Crippen LogP contribution in [-0.2, 0) is 9.53 Å². The Morgan fingerprint density at radius 3 is 2.63 bits per heavy atom. The number of carbonyl (C=O) groups is 1. The quantitative estimate of drug-likeness (QED) is 0.841. The van der Waals surface area contributed by atoms with Gasteiger partial charge in [-0.25, -0.2) is 0 Å². The van der Waals surface area contributed by atoms with Crippen molar-refractivity contribution in [1.29, 1.82) is 0 Å². The van der Waals surface area contributed by atoms with Crippen LogP contribution in [0.25, 0.3) is 0 Å². The number of alkyl halides is 3. The number of amides is 1. The van der Waals surface area contributed by atoms with Crippen LogP contribution in [0.2, 0.25) is 0 Å². The molecule has 19 heavy (non-hydrogen) atoms. The van der Waals surface area contributed by atoms with Gasteiger partial charge in [-0.2, -0.15) is 13.2 Å². The van der Waals surface area contributed by atoms with Crippen LogP contribution >= 0.6 is 0 Å². The molecule has 0 aromatic rings. The van der Waals surface area contributed by atoms with E-state index in [-0.39, 0.29) is 10.8 Å². The average molecular weight is 277 g/mol. The fourth-order valence-electron chi connectivity index (χ4n) is 4.58. The number of hydrogen-bond donors (Lipinski definition) is 1. The predicted octanol–water partition coefficient (Wildman–Crippen LogP) is 2.26. The van der Waals surface area contributed by atoms with E-state index >= 15 is 0 Å². The van der Waals surface area contributed by atoms with Crippen LogP contribution < -0.4 is 5.32 Å². The second-order valence-corrected chi connectivity index (χ2v) is 6.60. The predicted molar refractivity (Wildman–Crippen MR) is 61.3 cm³/mol. The molecule has 1 N–H and O–H groups in total. The van der Waals surface area contributed by atoms with E-state index in [1.54, 1.807) is 0 Å². The Hall–Kier alpha value is -0.780. The minimum atomic E-state index is -4.38. The first kappa shape index (κ1) is 13.2. The molecule has 3 fully saturated rings. The van der Waals surface area contributed by atoms with Crippen LogP contribution in [0.4, 0.5) is 13.2 Å². The summed E-state index contributed by atoms with van der Waals surface area (Å²) in [4.78, 5) is 12.3. The molecule has 4 atom stereocenters. The number of rotatable bonds is 2. The highest BCUT2D eigenvalue weighted by Crippen LogP contribution is 2.74. The first-order valence-corrected chi connectivity index (χ1v) is 6.64. The van der Waals surface area contributed by atoms with Crippen molar-refractivity contribution in [2.45, 2.75) is 44.9 Å². The van der Waals surface area contributed by atoms with E-state index in [0.29, 0.717) is 18.9 Å². The fourth-order valence-corrected chi connectivity index (χ4v) is 4.58. The number of hydrogen-bond acceptors (Lipinski definition) is 2. The third-order valence-corrected chi connectivity index (χ3v) is 6.01. The molecule has 108 valence electrons. The molecule has 1 amide bonds. The number of nitrogens with one attached hydrogen (secondary N) is 1. The molecule has 0 spiro atoms. The summed E-state index contributed by atoms with van der Waals surface area (Å²) < 4.78 is 42.5. The van der Waals surface area contributed by atoms with Gasteiger partial charge in [0.15, 0.2) is 5.60 Å². The van der Waals surface area contributed by atoms with Crippen LogP contribution in [-0.4, -0.2) is 30.8 Å². The number of carbonyl (C=O) groups excluding carboxylic acids is 1. The van der Waals surface area contributed by atoms with Crippen molar-refractivity contribution >= 4 is 5.91 Å². The third-order valence-electron chi connectivity index (χ3n) is 6.01. The molecule has 1 heterocycles. The van der Waals surface area contributed by atoms with Crippen LogP contribution in [0.1, 0.15) is 33.1 Å². The van der Waals surface area contributed by atoms with Gasteiger partial charge in [-0.05, 0) is 25.2 Å². The highest BCUT2D eigenvalue weighted by molar-refractivity contribution is 5.88. The smallest absolute Gasteiger partial charge is 0.364 e. The molecule has 1 aliphatic heterocycles. The lowest BCUT2D eigenvalue weighted by atomic mass is 9.66. The van der Waals surface area contributed by atoms with Crippen molar-refractivity contribution in [2.75, 3.05) is 13.2 Å². The molecule has 4 bridgehead atoms. The molecule has 0 aromatic carbocycles. The molecular weight excluding hydrogens is 259 g/mol. The minimum Gasteiger partial charge on any atom is -0.364 e. The first-order chi connectivity index (χ1) is 8.65. The van der Waals surface area contributed by atoms with E-state index < -0.39 is 24.2 Å². The van der Waals surface area contributed by atoms with Gasteiger partial charge in [0.25, 0.3) is 5.91 Å². The minimum absolute atomic E-state index is 0.0669. The molecule has 3 aliphatic rings. The Kier molecular flexibility index (Phi) is 2.40. The molecular formula is C13H18F3NO2. The Labute approximate surface area is 109 Å². The van der Waals surface area contributed by atoms with Crippen LogP contribution in [0, 0.1) is 16.7 Å². The van der Waals surface area contributed by atoms with Gasteiger partial charge in [0.2, 0.25) is 0 Å². The van der Waals surface area contributed by atoms with E-state index in [2.05, 4.69) is 6.92 Å². The highest BCUT2D eigenvalue weighted by atomic mass is 19.4. The van der Waals surface area contributed by atoms with E-state index in [1.807, 2.05) is 12.2 Å². The molecule has 3 rings (SSSR count). The average Bonchev–Trinajstić information content (AvgIpc) is 2.77. The van der Waals surface area contributed by atoms with Gasteiger partial charge < -0.3 is 10.1 Å². The van der Waals surface area contributed by atoms with Gasteiger partial charge in [-0.3, -0.25) is 4.79 Å². The summed E-state index contributed by atoms with van der Waals surface area (Å²) in [5.41, 5.74) is -1.45. The Bertz CT molecular complexity index is 438. The third kappa shape index (κ3) is 1.41. The lowest BCUT2D eigenvalue weighted by Crippen LogP contribution is -2.56. The molecule has 0 aromatic heterocycles. The van der Waals surface area contributed by atoms with E-state index in [0.717, 1.165) is 12.8 Å². The fraction of sp³-hybridized carbons (Fsp3) is 0.923. The maximum absolute atomic E-state index is 12.3. The first-order valence-electron chi connectivity index (χ1n) is 6.64. The lowest BCUT2D eigenvalue weighted by Gasteiger charge is -2.40. The Morgan fingerprint density at radius 1 is 1.42 bits per heavy atom. The topological polar surface area (TPSA) is 38.3 Å². The van der Waals surface area contributed by atoms with E-state index in [4.69, 9.17) is 4.74 Å². The Morgan fingerprint density at radius 2 is 2.11 bits per heavy atom. The summed E-state index contributed by atoms with van der Waals surface area (Å²) in [6.45, 7) is 3.30. The summed E-state index contributed by atoms with van der Waals surface area (Å²) in [5.74, 6) is -0.193. The van der Waals surface area contributed by atoms with Crippen molar-refractivity contribution in [3.8, 4) is 0 Å². The van der Waals surface area contributed by atoms with Crippen LogP contribution in [0.15, 0.2) is 0 Å². The number of ether oxygens (including phenoxy) is 1. The zero-order valence-electron chi connectivity index (χ0n) is 11.1. The Balaban J connectivity index is 1.84. The second kappa shape index (κ2) is 3.45. The molecule has 3 nitrogen and oxygen atoms in total. The monoisotopic (exact) mass is 277 g/mol. The summed E-state index contributed by atoms with van der Waals surface area (Å²) >= 11 is 0. The second-order valence-electron chi connectivity index (χ2n) is 6.60. The SMILES string of the molecule is CC12COC3(C(=O)NCC(F)(F)F)CC1CCC32C. The van der Waals surface area contributed by atoms with Gasteiger partial charge in [-0.15, -0.1) is 0 Å². The maximum Gasteiger partial charge on any atom is 0.405 e. The van der Waals surface area contributed by atoms with Gasteiger partial charge in [-0.1, -0.05) is 13.8 Å². The lowest BCUT2D eigenvalue weighted by molar-refractivity contribution is -0.163. The van der Waals surface area contributed by atoms with Crippen molar-refractivity contribution in [3.63, 3.8) is 0 Å². The van der Waals surface area contributed by atoms with E-state index in [9.17, 15) is 18.0 Å². The summed E-state index contributed by atoms with van der Waals surface area (Å²) in [6.07, 6.45) is -1.92. The molecule has 4 unspecified atom stereocenters. The normalized spacial score (nSPS) is 47.7. The van der Waals surface area contributed by atoms with Gasteiger partial charge >= 0.3 is 6.18 Å². The van der Waals surface area contributed by atoms with Gasteiger partial charge in [0.05, 0.1) is 6.61 Å². The largest absolute Gasteiger partial charge is 0.405 e. The maximum atomic E-state index is 12.3. The molecule has 0 radical (unpaired) electrons. The highest BCUT2D eigenvalue weighted by Gasteiger charge is 2.78. The molecule has 2 aliphatic carbocycles. The van der Waals surface area contributed by atoms with Crippen molar-refractivity contribution < 1.29 is 22.7 Å². The summed E-state index contributed by atoms with van der Waals surface area (Å²) in [7, 11) is 0. The molecule has 1 saturated heterocycles. The van der Waals surface area contributed by atoms with Gasteiger partial charge in [0, 0.05) is 10.8 Å². The van der Waals surface area contributed by atoms with Crippen LogP contribution in [0.5, 0.6) is 0 Å². The zero-order valence-corrected chi connectivity index (χ0v) is 11.1. The number of halogens is 3. The van der Waals surface area contributed by atoms with E-state index in [1.165, 1.54) is 0 Å². The molecule has 2 saturated carbocycles. The standard InChI is InChI=1S/C13H18F3NO2/c1-10-7-19-12(9(18)17-6-13(14,15)16)5-8(10)3-4-11(10,12)2/h8H,3-7H2,1-2H3,(H,17,18). The summed E-state index contributed by atoms with van der Waals surface area (Å²) in [6, 6.07) is 0. The van der Waals surface area contributed by atoms with Crippen molar-refractivity contribution in [1.82, 2.24) is 5.32 Å². The summed E-state index contributed by atoms with van der Waals surface area (Å²) in [5, 5.41) is 2.02. The molecule has 6 heteroatoms. The zero-order chi connectivity index (χ0) is 14.1. The van der Waals surface area contributed by atoms with Crippen molar-refractivity contribution in [2.24, 2.45) is 16.7 Å². The van der Waals surface area contributed by atoms with Crippen molar-refractivity contribution in [3.05, 3.63) is 0 Å².